The minimum atomic E-state index is -0.658. The number of nitro groups is 1. The van der Waals surface area contributed by atoms with Crippen molar-refractivity contribution >= 4 is 39.8 Å². The summed E-state index contributed by atoms with van der Waals surface area (Å²) in [6, 6.07) is 2.74. The fourth-order valence-corrected chi connectivity index (χ4v) is 1.77. The Balaban J connectivity index is 2.97. The third-order valence-electron chi connectivity index (χ3n) is 2.19. The molecule has 0 fully saturated rings. The molecule has 7 heteroatoms. The zero-order valence-electron chi connectivity index (χ0n) is 8.25. The number of aromatic nitrogens is 1. The van der Waals surface area contributed by atoms with E-state index in [-0.39, 0.29) is 16.4 Å². The molecule has 0 saturated carbocycles. The van der Waals surface area contributed by atoms with Crippen LogP contribution in [-0.2, 0) is 4.79 Å². The number of pyridine rings is 1. The molecule has 0 aliphatic heterocycles. The van der Waals surface area contributed by atoms with Crippen LogP contribution >= 0.6 is 11.6 Å². The minimum Gasteiger partial charge on any atom is -0.264 e. The average Bonchev–Trinajstić information content (AvgIpc) is 2.32. The lowest BCUT2D eigenvalue weighted by Crippen LogP contribution is -1.90. The number of rotatable bonds is 2. The highest BCUT2D eigenvalue weighted by Crippen LogP contribution is 2.38. The summed E-state index contributed by atoms with van der Waals surface area (Å²) in [6.07, 6.45) is 4.15. The summed E-state index contributed by atoms with van der Waals surface area (Å²) in [6.45, 7) is 0. The van der Waals surface area contributed by atoms with Crippen LogP contribution in [0.15, 0.2) is 29.5 Å². The number of aliphatic imine (C=N–C) groups is 1. The number of fused-ring (bicyclic) bond motifs is 1. The van der Waals surface area contributed by atoms with Gasteiger partial charge in [-0.2, -0.15) is 4.99 Å². The van der Waals surface area contributed by atoms with Gasteiger partial charge in [0.1, 0.15) is 0 Å². The smallest absolute Gasteiger partial charge is 0.264 e. The monoisotopic (exact) mass is 249 g/mol. The van der Waals surface area contributed by atoms with Crippen LogP contribution in [-0.4, -0.2) is 16.0 Å². The number of carbonyl (C=O) groups excluding carboxylic acids is 1. The zero-order valence-corrected chi connectivity index (χ0v) is 9.01. The Morgan fingerprint density at radius 1 is 1.47 bits per heavy atom. The molecule has 0 bridgehead atoms. The van der Waals surface area contributed by atoms with E-state index < -0.39 is 4.92 Å². The normalized spacial score (nSPS) is 9.94. The summed E-state index contributed by atoms with van der Waals surface area (Å²) in [5.74, 6) is 0. The third kappa shape index (κ3) is 1.87. The van der Waals surface area contributed by atoms with E-state index in [0.717, 1.165) is 6.07 Å². The predicted molar refractivity (Wildman–Crippen MR) is 61.2 cm³/mol. The van der Waals surface area contributed by atoms with Crippen LogP contribution in [0.4, 0.5) is 11.4 Å². The lowest BCUT2D eigenvalue weighted by Gasteiger charge is -2.03. The summed E-state index contributed by atoms with van der Waals surface area (Å²) in [4.78, 5) is 27.7. The fourth-order valence-electron chi connectivity index (χ4n) is 1.50. The molecule has 0 N–H and O–H groups in total. The molecular formula is C10H4ClN3O3. The molecule has 6 nitrogen and oxygen atoms in total. The fraction of sp³-hybridized carbons (Fsp3) is 0. The van der Waals surface area contributed by atoms with Crippen molar-refractivity contribution in [2.24, 2.45) is 4.99 Å². The molecule has 0 radical (unpaired) electrons. The summed E-state index contributed by atoms with van der Waals surface area (Å²) >= 11 is 5.91. The summed E-state index contributed by atoms with van der Waals surface area (Å²) < 4.78 is 0. The molecular weight excluding hydrogens is 246 g/mol. The van der Waals surface area contributed by atoms with E-state index in [9.17, 15) is 14.9 Å². The number of nitrogens with zero attached hydrogens (tertiary/aromatic N) is 3. The van der Waals surface area contributed by atoms with Gasteiger partial charge in [-0.05, 0) is 6.07 Å². The molecule has 1 aromatic heterocycles. The predicted octanol–water partition coefficient (Wildman–Crippen LogP) is 2.76. The van der Waals surface area contributed by atoms with Crippen LogP contribution in [0.2, 0.25) is 5.02 Å². The van der Waals surface area contributed by atoms with E-state index in [2.05, 4.69) is 9.98 Å². The number of hydrogen-bond donors (Lipinski definition) is 0. The Morgan fingerprint density at radius 2 is 2.24 bits per heavy atom. The van der Waals surface area contributed by atoms with Gasteiger partial charge in [-0.25, -0.2) is 4.79 Å². The highest BCUT2D eigenvalue weighted by atomic mass is 35.5. The van der Waals surface area contributed by atoms with E-state index in [0.29, 0.717) is 10.8 Å². The first-order valence-corrected chi connectivity index (χ1v) is 4.81. The topological polar surface area (TPSA) is 85.5 Å². The van der Waals surface area contributed by atoms with Gasteiger partial charge in [0.25, 0.3) is 5.69 Å². The van der Waals surface area contributed by atoms with Gasteiger partial charge in [0.2, 0.25) is 6.08 Å². The SMILES string of the molecule is O=C=Nc1c([N+](=O)[O-])cc(Cl)c2ccncc12. The Hall–Kier alpha value is -2.30. The maximum absolute atomic E-state index is 10.8. The summed E-state index contributed by atoms with van der Waals surface area (Å²) in [5.41, 5.74) is -0.434. The number of halogens is 1. The Kier molecular flexibility index (Phi) is 2.82. The van der Waals surface area contributed by atoms with E-state index in [4.69, 9.17) is 11.6 Å². The van der Waals surface area contributed by atoms with E-state index >= 15 is 0 Å². The summed E-state index contributed by atoms with van der Waals surface area (Å²) in [5, 5.41) is 11.9. The maximum atomic E-state index is 10.8. The largest absolute Gasteiger partial charge is 0.297 e. The lowest BCUT2D eigenvalue weighted by atomic mass is 10.1. The molecule has 2 aromatic rings. The van der Waals surface area contributed by atoms with Crippen molar-refractivity contribution in [3.63, 3.8) is 0 Å². The molecule has 2 rings (SSSR count). The van der Waals surface area contributed by atoms with Gasteiger partial charge in [0, 0.05) is 29.2 Å². The first-order valence-electron chi connectivity index (χ1n) is 4.43. The van der Waals surface area contributed by atoms with E-state index in [1.165, 1.54) is 18.5 Å². The Bertz CT molecular complexity index is 665. The highest BCUT2D eigenvalue weighted by molar-refractivity contribution is 6.36. The van der Waals surface area contributed by atoms with Gasteiger partial charge in [-0.1, -0.05) is 11.6 Å². The van der Waals surface area contributed by atoms with Gasteiger partial charge < -0.3 is 0 Å². The second-order valence-electron chi connectivity index (χ2n) is 3.11. The molecule has 0 amide bonds. The minimum absolute atomic E-state index is 0.0856. The van der Waals surface area contributed by atoms with Crippen LogP contribution in [0, 0.1) is 10.1 Å². The van der Waals surface area contributed by atoms with Crippen molar-refractivity contribution in [1.29, 1.82) is 0 Å². The number of isocyanates is 1. The number of hydrogen-bond acceptors (Lipinski definition) is 5. The first kappa shape index (κ1) is 11.2. The molecule has 1 aromatic carbocycles. The van der Waals surface area contributed by atoms with Gasteiger partial charge in [-0.3, -0.25) is 15.1 Å². The van der Waals surface area contributed by atoms with Gasteiger partial charge in [-0.15, -0.1) is 0 Å². The third-order valence-corrected chi connectivity index (χ3v) is 2.51. The standard InChI is InChI=1S/C10H4ClN3O3/c11-8-3-9(14(16)17)10(13-5-15)7-4-12-2-1-6(7)8/h1-4H. The van der Waals surface area contributed by atoms with Crippen LogP contribution < -0.4 is 0 Å². The molecule has 0 unspecified atom stereocenters. The molecule has 0 spiro atoms. The van der Waals surface area contributed by atoms with Crippen molar-refractivity contribution < 1.29 is 9.72 Å². The first-order chi connectivity index (χ1) is 8.15. The Morgan fingerprint density at radius 3 is 2.88 bits per heavy atom. The quantitative estimate of drug-likeness (QED) is 0.354. The van der Waals surface area contributed by atoms with Crippen LogP contribution in [0.5, 0.6) is 0 Å². The lowest BCUT2D eigenvalue weighted by molar-refractivity contribution is -0.383. The molecule has 1 heterocycles. The van der Waals surface area contributed by atoms with Crippen LogP contribution in [0.3, 0.4) is 0 Å². The van der Waals surface area contributed by atoms with E-state index in [1.807, 2.05) is 0 Å². The van der Waals surface area contributed by atoms with Gasteiger partial charge in [0.05, 0.1) is 9.95 Å². The molecule has 0 saturated heterocycles. The maximum Gasteiger partial charge on any atom is 0.297 e. The second kappa shape index (κ2) is 4.29. The van der Waals surface area contributed by atoms with Gasteiger partial charge in [0.15, 0.2) is 5.69 Å². The van der Waals surface area contributed by atoms with Crippen molar-refractivity contribution in [3.05, 3.63) is 39.7 Å². The van der Waals surface area contributed by atoms with Gasteiger partial charge >= 0.3 is 0 Å². The van der Waals surface area contributed by atoms with Crippen molar-refractivity contribution in [3.8, 4) is 0 Å². The molecule has 0 aliphatic carbocycles. The van der Waals surface area contributed by atoms with Crippen molar-refractivity contribution in [1.82, 2.24) is 4.98 Å². The van der Waals surface area contributed by atoms with Crippen LogP contribution in [0.1, 0.15) is 0 Å². The van der Waals surface area contributed by atoms with Crippen LogP contribution in [0.25, 0.3) is 10.8 Å². The highest BCUT2D eigenvalue weighted by Gasteiger charge is 2.19. The van der Waals surface area contributed by atoms with Crippen molar-refractivity contribution in [2.75, 3.05) is 0 Å². The average molecular weight is 250 g/mol. The zero-order chi connectivity index (χ0) is 12.4. The molecule has 0 aliphatic rings. The molecule has 84 valence electrons. The van der Waals surface area contributed by atoms with Crippen molar-refractivity contribution in [2.45, 2.75) is 0 Å². The molecule has 0 atom stereocenters. The number of benzene rings is 1. The van der Waals surface area contributed by atoms with E-state index in [1.54, 1.807) is 6.07 Å². The second-order valence-corrected chi connectivity index (χ2v) is 3.51. The summed E-state index contributed by atoms with van der Waals surface area (Å²) in [7, 11) is 0. The Labute approximate surface area is 99.7 Å². The number of nitro benzene ring substituents is 1. The molecule has 17 heavy (non-hydrogen) atoms.